The number of carbonyl (C=O) groups is 3. The van der Waals surface area contributed by atoms with Crippen molar-refractivity contribution in [3.63, 3.8) is 0 Å². The van der Waals surface area contributed by atoms with Crippen molar-refractivity contribution in [1.82, 2.24) is 15.1 Å². The summed E-state index contributed by atoms with van der Waals surface area (Å²) < 4.78 is 5.64. The van der Waals surface area contributed by atoms with E-state index in [-0.39, 0.29) is 23.8 Å². The zero-order valence-electron chi connectivity index (χ0n) is 21.9. The Labute approximate surface area is 238 Å². The summed E-state index contributed by atoms with van der Waals surface area (Å²) in [6, 6.07) is 11.9. The van der Waals surface area contributed by atoms with Gasteiger partial charge in [0, 0.05) is 61.1 Å². The second-order valence-electron chi connectivity index (χ2n) is 11.1. The Balaban J connectivity index is 1.57. The Morgan fingerprint density at radius 2 is 1.68 bits per heavy atom. The number of benzene rings is 2. The molecule has 3 amide bonds. The van der Waals surface area contributed by atoms with Gasteiger partial charge in [0.25, 0.3) is 11.8 Å². The smallest absolute Gasteiger partial charge is 0.408 e. The highest BCUT2D eigenvalue weighted by molar-refractivity contribution is 6.42. The SMILES string of the molecule is CN(C(=O)c1ccc(Cl)cc1)[C@@H]1CCN(C(=O)C2(OC(=O)NC(C)(C)C)CC2)C[C@H]1c1ccc(Cl)c(Cl)c1. The predicted molar refractivity (Wildman–Crippen MR) is 149 cm³/mol. The van der Waals surface area contributed by atoms with Crippen LogP contribution in [0.2, 0.25) is 15.1 Å². The molecule has 0 unspecified atom stereocenters. The zero-order valence-corrected chi connectivity index (χ0v) is 24.2. The molecular formula is C28H32Cl3N3O4. The van der Waals surface area contributed by atoms with Crippen molar-refractivity contribution in [2.24, 2.45) is 0 Å². The van der Waals surface area contributed by atoms with Crippen LogP contribution in [0.4, 0.5) is 4.79 Å². The summed E-state index contributed by atoms with van der Waals surface area (Å²) in [6.45, 7) is 6.32. The lowest BCUT2D eigenvalue weighted by Gasteiger charge is -2.43. The van der Waals surface area contributed by atoms with E-state index in [0.717, 1.165) is 5.56 Å². The van der Waals surface area contributed by atoms with Crippen LogP contribution in [-0.4, -0.2) is 65.0 Å². The lowest BCUT2D eigenvalue weighted by atomic mass is 9.84. The van der Waals surface area contributed by atoms with Crippen molar-refractivity contribution >= 4 is 52.7 Å². The van der Waals surface area contributed by atoms with Crippen LogP contribution in [0.25, 0.3) is 0 Å². The van der Waals surface area contributed by atoms with Crippen molar-refractivity contribution in [3.05, 3.63) is 68.7 Å². The molecule has 1 aliphatic carbocycles. The highest BCUT2D eigenvalue weighted by Gasteiger charge is 2.57. The van der Waals surface area contributed by atoms with Gasteiger partial charge in [-0.25, -0.2) is 4.79 Å². The van der Waals surface area contributed by atoms with Gasteiger partial charge in [0.05, 0.1) is 10.0 Å². The van der Waals surface area contributed by atoms with E-state index >= 15 is 0 Å². The number of rotatable bonds is 5. The Hall–Kier alpha value is -2.48. The van der Waals surface area contributed by atoms with E-state index in [4.69, 9.17) is 39.5 Å². The molecule has 7 nitrogen and oxygen atoms in total. The fourth-order valence-corrected chi connectivity index (χ4v) is 5.31. The normalized spacial score (nSPS) is 20.4. The number of likely N-dealkylation sites (tertiary alicyclic amines) is 1. The molecule has 4 rings (SSSR count). The van der Waals surface area contributed by atoms with Crippen molar-refractivity contribution in [2.75, 3.05) is 20.1 Å². The molecule has 0 aromatic heterocycles. The van der Waals surface area contributed by atoms with Crippen LogP contribution in [0.15, 0.2) is 42.5 Å². The monoisotopic (exact) mass is 579 g/mol. The quantitative estimate of drug-likeness (QED) is 0.459. The molecule has 204 valence electrons. The molecule has 0 spiro atoms. The number of piperidine rings is 1. The highest BCUT2D eigenvalue weighted by Crippen LogP contribution is 2.43. The maximum atomic E-state index is 13.6. The van der Waals surface area contributed by atoms with Crippen LogP contribution in [0, 0.1) is 0 Å². The van der Waals surface area contributed by atoms with Gasteiger partial charge < -0.3 is 19.9 Å². The van der Waals surface area contributed by atoms with E-state index in [1.165, 1.54) is 0 Å². The average Bonchev–Trinajstić information content (AvgIpc) is 3.63. The standard InChI is InChI=1S/C28H32Cl3N3O4/c1-27(2,3)32-26(37)38-28(12-13-28)25(36)34-14-11-23(20(16-34)18-7-10-21(30)22(31)15-18)33(4)24(35)17-5-8-19(29)9-6-17/h5-10,15,20,23H,11-14,16H2,1-4H3,(H,32,37)/t20-,23+/m0/s1. The number of nitrogens with zero attached hydrogens (tertiary/aromatic N) is 2. The second-order valence-corrected chi connectivity index (χ2v) is 12.3. The van der Waals surface area contributed by atoms with Crippen molar-refractivity contribution in [3.8, 4) is 0 Å². The lowest BCUT2D eigenvalue weighted by molar-refractivity contribution is -0.144. The molecule has 1 saturated heterocycles. The van der Waals surface area contributed by atoms with E-state index in [2.05, 4.69) is 5.32 Å². The number of hydrogen-bond acceptors (Lipinski definition) is 4. The van der Waals surface area contributed by atoms with Gasteiger partial charge in [0.1, 0.15) is 0 Å². The third-order valence-electron chi connectivity index (χ3n) is 7.00. The summed E-state index contributed by atoms with van der Waals surface area (Å²) in [5.41, 5.74) is -0.225. The molecule has 2 aromatic carbocycles. The first-order valence-electron chi connectivity index (χ1n) is 12.6. The summed E-state index contributed by atoms with van der Waals surface area (Å²) in [6.07, 6.45) is 0.898. The number of hydrogen-bond donors (Lipinski definition) is 1. The van der Waals surface area contributed by atoms with E-state index in [0.29, 0.717) is 53.0 Å². The summed E-state index contributed by atoms with van der Waals surface area (Å²) >= 11 is 18.5. The maximum absolute atomic E-state index is 13.6. The Morgan fingerprint density at radius 3 is 2.26 bits per heavy atom. The van der Waals surface area contributed by atoms with Crippen LogP contribution in [0.5, 0.6) is 0 Å². The van der Waals surface area contributed by atoms with Crippen LogP contribution >= 0.6 is 34.8 Å². The number of likely N-dealkylation sites (N-methyl/N-ethyl adjacent to an activating group) is 1. The fourth-order valence-electron chi connectivity index (χ4n) is 4.88. The minimum Gasteiger partial charge on any atom is -0.433 e. The summed E-state index contributed by atoms with van der Waals surface area (Å²) in [5, 5.41) is 4.14. The van der Waals surface area contributed by atoms with Crippen LogP contribution < -0.4 is 5.32 Å². The molecule has 10 heteroatoms. The summed E-state index contributed by atoms with van der Waals surface area (Å²) in [4.78, 5) is 42.9. The van der Waals surface area contributed by atoms with Crippen molar-refractivity contribution < 1.29 is 19.1 Å². The minimum atomic E-state index is -1.14. The minimum absolute atomic E-state index is 0.141. The van der Waals surface area contributed by atoms with Gasteiger partial charge in [-0.3, -0.25) is 9.59 Å². The molecule has 0 bridgehead atoms. The number of ether oxygens (including phenoxy) is 1. The molecule has 2 atom stereocenters. The Kier molecular flexibility index (Phi) is 8.22. The fraction of sp³-hybridized carbons (Fsp3) is 0.464. The van der Waals surface area contributed by atoms with Crippen LogP contribution in [0.1, 0.15) is 61.9 Å². The molecule has 1 saturated carbocycles. The van der Waals surface area contributed by atoms with E-state index < -0.39 is 17.2 Å². The molecule has 1 heterocycles. The predicted octanol–water partition coefficient (Wildman–Crippen LogP) is 6.16. The molecular weight excluding hydrogens is 549 g/mol. The largest absolute Gasteiger partial charge is 0.433 e. The molecule has 2 aliphatic rings. The molecule has 2 fully saturated rings. The van der Waals surface area contributed by atoms with E-state index in [1.807, 2.05) is 26.8 Å². The van der Waals surface area contributed by atoms with Gasteiger partial charge in [-0.1, -0.05) is 40.9 Å². The highest BCUT2D eigenvalue weighted by atomic mass is 35.5. The van der Waals surface area contributed by atoms with E-state index in [9.17, 15) is 14.4 Å². The third-order valence-corrected chi connectivity index (χ3v) is 7.99. The number of alkyl carbamates (subject to hydrolysis) is 1. The van der Waals surface area contributed by atoms with Crippen LogP contribution in [-0.2, 0) is 9.53 Å². The van der Waals surface area contributed by atoms with Crippen molar-refractivity contribution in [2.45, 2.75) is 63.1 Å². The number of halogens is 3. The van der Waals surface area contributed by atoms with Crippen LogP contribution in [0.3, 0.4) is 0 Å². The average molecular weight is 581 g/mol. The Morgan fingerprint density at radius 1 is 1.03 bits per heavy atom. The lowest BCUT2D eigenvalue weighted by Crippen LogP contribution is -2.55. The first-order chi connectivity index (χ1) is 17.8. The molecule has 1 aliphatic heterocycles. The number of carbonyl (C=O) groups excluding carboxylic acids is 3. The number of nitrogens with one attached hydrogen (secondary N) is 1. The van der Waals surface area contributed by atoms with E-state index in [1.54, 1.807) is 53.2 Å². The second kappa shape index (κ2) is 10.9. The van der Waals surface area contributed by atoms with Gasteiger partial charge in [-0.2, -0.15) is 0 Å². The van der Waals surface area contributed by atoms with Gasteiger partial charge in [-0.15, -0.1) is 0 Å². The first-order valence-corrected chi connectivity index (χ1v) is 13.7. The zero-order chi connectivity index (χ0) is 27.8. The molecule has 0 radical (unpaired) electrons. The van der Waals surface area contributed by atoms with Gasteiger partial charge in [0.2, 0.25) is 0 Å². The summed E-state index contributed by atoms with van der Waals surface area (Å²) in [7, 11) is 1.77. The molecule has 38 heavy (non-hydrogen) atoms. The first kappa shape index (κ1) is 28.5. The summed E-state index contributed by atoms with van der Waals surface area (Å²) in [5.74, 6) is -0.586. The van der Waals surface area contributed by atoms with Gasteiger partial charge >= 0.3 is 6.09 Å². The third kappa shape index (κ3) is 6.38. The van der Waals surface area contributed by atoms with Crippen molar-refractivity contribution in [1.29, 1.82) is 0 Å². The Bertz CT molecular complexity index is 1220. The topological polar surface area (TPSA) is 79.0 Å². The van der Waals surface area contributed by atoms with Gasteiger partial charge in [0.15, 0.2) is 5.60 Å². The van der Waals surface area contributed by atoms with Gasteiger partial charge in [-0.05, 0) is 69.2 Å². The maximum Gasteiger partial charge on any atom is 0.408 e. The molecule has 1 N–H and O–H groups in total. The number of amides is 3. The molecule has 2 aromatic rings.